The number of hydrogen-bond acceptors (Lipinski definition) is 4. The molecule has 0 radical (unpaired) electrons. The van der Waals surface area contributed by atoms with Gasteiger partial charge in [0.25, 0.3) is 0 Å². The van der Waals surface area contributed by atoms with Crippen molar-refractivity contribution in [3.05, 3.63) is 150 Å². The molecule has 0 bridgehead atoms. The molecule has 2 aliphatic rings. The normalized spacial score (nSPS) is 15.7. The fourth-order valence-electron chi connectivity index (χ4n) is 7.49. The molecule has 1 aromatic heterocycles. The van der Waals surface area contributed by atoms with E-state index in [1.807, 2.05) is 48.5 Å². The number of oxazole rings is 1. The second kappa shape index (κ2) is 10.7. The molecule has 1 atom stereocenters. The Morgan fingerprint density at radius 1 is 0.633 bits per heavy atom. The van der Waals surface area contributed by atoms with Gasteiger partial charge >= 0.3 is 0 Å². The maximum atomic E-state index is 6.38. The topological polar surface area (TPSA) is 47.3 Å². The van der Waals surface area contributed by atoms with Crippen LogP contribution in [-0.2, 0) is 10.8 Å². The Morgan fingerprint density at radius 2 is 1.31 bits per heavy atom. The molecular formula is C45H38N2O2. The molecule has 0 amide bonds. The van der Waals surface area contributed by atoms with Crippen LogP contribution in [0, 0.1) is 0 Å². The Kier molecular flexibility index (Phi) is 6.45. The number of nitrogens with one attached hydrogen (secondary N) is 1. The van der Waals surface area contributed by atoms with Crippen molar-refractivity contribution in [1.82, 2.24) is 4.98 Å². The van der Waals surface area contributed by atoms with Crippen molar-refractivity contribution in [2.75, 3.05) is 5.32 Å². The molecule has 6 aromatic carbocycles. The molecule has 2 heterocycles. The number of hydrogen-bond donors (Lipinski definition) is 1. The summed E-state index contributed by atoms with van der Waals surface area (Å²) >= 11 is 0. The maximum Gasteiger partial charge on any atom is 0.227 e. The summed E-state index contributed by atoms with van der Waals surface area (Å²) in [5.41, 5.74) is 15.9. The van der Waals surface area contributed by atoms with E-state index < -0.39 is 0 Å². The zero-order chi connectivity index (χ0) is 33.5. The number of aromatic nitrogens is 1. The third kappa shape index (κ3) is 4.93. The van der Waals surface area contributed by atoms with Crippen LogP contribution in [0.15, 0.2) is 132 Å². The van der Waals surface area contributed by atoms with E-state index in [-0.39, 0.29) is 17.1 Å². The van der Waals surface area contributed by atoms with E-state index >= 15 is 0 Å². The molecule has 240 valence electrons. The molecule has 1 N–H and O–H groups in total. The molecule has 4 heteroatoms. The van der Waals surface area contributed by atoms with E-state index in [0.29, 0.717) is 5.89 Å². The van der Waals surface area contributed by atoms with Crippen LogP contribution in [0.1, 0.15) is 63.1 Å². The summed E-state index contributed by atoms with van der Waals surface area (Å²) in [4.78, 5) is 4.84. The summed E-state index contributed by atoms with van der Waals surface area (Å²) in [5.74, 6) is 1.44. The van der Waals surface area contributed by atoms with Crippen LogP contribution in [0.2, 0.25) is 0 Å². The summed E-state index contributed by atoms with van der Waals surface area (Å²) in [7, 11) is 0. The number of benzene rings is 6. The zero-order valence-corrected chi connectivity index (χ0v) is 28.5. The van der Waals surface area contributed by atoms with Gasteiger partial charge in [0.15, 0.2) is 11.8 Å². The van der Waals surface area contributed by atoms with Crippen molar-refractivity contribution in [3.8, 4) is 50.6 Å². The molecule has 1 unspecified atom stereocenters. The molecule has 49 heavy (non-hydrogen) atoms. The van der Waals surface area contributed by atoms with E-state index in [1.165, 1.54) is 38.9 Å². The maximum absolute atomic E-state index is 6.38. The summed E-state index contributed by atoms with van der Waals surface area (Å²) in [6, 6.07) is 45.3. The fourth-order valence-corrected chi connectivity index (χ4v) is 7.49. The molecule has 0 fully saturated rings. The highest BCUT2D eigenvalue weighted by molar-refractivity contribution is 5.85. The lowest BCUT2D eigenvalue weighted by Crippen LogP contribution is -2.17. The third-order valence-corrected chi connectivity index (χ3v) is 10.3. The molecule has 4 nitrogen and oxygen atoms in total. The Balaban J connectivity index is 1.12. The van der Waals surface area contributed by atoms with E-state index in [0.717, 1.165) is 44.8 Å². The second-order valence-corrected chi connectivity index (χ2v) is 14.9. The Labute approximate surface area is 287 Å². The molecule has 7 aromatic rings. The number of anilines is 1. The van der Waals surface area contributed by atoms with E-state index in [4.69, 9.17) is 14.1 Å². The minimum atomic E-state index is -0.331. The van der Waals surface area contributed by atoms with Crippen LogP contribution in [-0.4, -0.2) is 4.98 Å². The minimum absolute atomic E-state index is 0.0891. The number of rotatable bonds is 4. The average molecular weight is 639 g/mol. The summed E-state index contributed by atoms with van der Waals surface area (Å²) in [6.07, 6.45) is -0.331. The number of ether oxygens (including phenoxy) is 1. The SMILES string of the molecule is CC(C)(C)c1ccc2c(c1)C(C)(C)c1cc(-c3cccc(-c4cc(-c5nc6ccccc6o5)cc(C5Nc6ccccc6O5)c4)c3)ccc1-2. The van der Waals surface area contributed by atoms with Gasteiger partial charge in [0.05, 0.1) is 5.69 Å². The molecule has 1 aliphatic heterocycles. The van der Waals surface area contributed by atoms with Gasteiger partial charge in [-0.1, -0.05) is 107 Å². The monoisotopic (exact) mass is 638 g/mol. The number of nitrogens with zero attached hydrogens (tertiary/aromatic N) is 1. The van der Waals surface area contributed by atoms with Crippen molar-refractivity contribution in [1.29, 1.82) is 0 Å². The standard InChI is InChI=1S/C45H38N2O2/c1-44(2,3)33-18-20-35-34-19-17-29(25-36(34)45(4,5)37(35)26-33)27-11-10-12-28(21-27)30-22-31(42-46-38-13-6-8-15-40(38)48-42)24-32(23-30)43-47-39-14-7-9-16-41(39)49-43/h6-26,42,46H,1-5H3. The fraction of sp³-hybridized carbons (Fsp3) is 0.178. The van der Waals surface area contributed by atoms with Crippen LogP contribution in [0.25, 0.3) is 55.9 Å². The lowest BCUT2D eigenvalue weighted by molar-refractivity contribution is 0.260. The molecule has 9 rings (SSSR count). The van der Waals surface area contributed by atoms with Gasteiger partial charge in [0.2, 0.25) is 5.89 Å². The van der Waals surface area contributed by atoms with Crippen molar-refractivity contribution < 1.29 is 9.15 Å². The second-order valence-electron chi connectivity index (χ2n) is 14.9. The Bertz CT molecular complexity index is 2370. The van der Waals surface area contributed by atoms with Gasteiger partial charge in [0.1, 0.15) is 11.3 Å². The van der Waals surface area contributed by atoms with E-state index in [9.17, 15) is 0 Å². The average Bonchev–Trinajstić information content (AvgIpc) is 3.81. The lowest BCUT2D eigenvalue weighted by Gasteiger charge is -2.25. The van der Waals surface area contributed by atoms with Crippen LogP contribution in [0.5, 0.6) is 5.75 Å². The molecule has 0 saturated carbocycles. The van der Waals surface area contributed by atoms with Gasteiger partial charge in [0, 0.05) is 16.5 Å². The van der Waals surface area contributed by atoms with Gasteiger partial charge < -0.3 is 14.5 Å². The van der Waals surface area contributed by atoms with Crippen LogP contribution >= 0.6 is 0 Å². The number of fused-ring (bicyclic) bond motifs is 5. The highest BCUT2D eigenvalue weighted by Gasteiger charge is 2.36. The molecule has 0 saturated heterocycles. The minimum Gasteiger partial charge on any atom is -0.464 e. The van der Waals surface area contributed by atoms with Gasteiger partial charge in [-0.2, -0.15) is 0 Å². The summed E-state index contributed by atoms with van der Waals surface area (Å²) in [6.45, 7) is 11.6. The highest BCUT2D eigenvalue weighted by Crippen LogP contribution is 2.51. The largest absolute Gasteiger partial charge is 0.464 e. The van der Waals surface area contributed by atoms with Crippen LogP contribution < -0.4 is 10.1 Å². The first-order valence-electron chi connectivity index (χ1n) is 17.1. The molecular weight excluding hydrogens is 601 g/mol. The Hall–Kier alpha value is -5.61. The van der Waals surface area contributed by atoms with Gasteiger partial charge in [-0.05, 0) is 110 Å². The summed E-state index contributed by atoms with van der Waals surface area (Å²) in [5, 5.41) is 3.55. The third-order valence-electron chi connectivity index (χ3n) is 10.3. The predicted molar refractivity (Wildman–Crippen MR) is 200 cm³/mol. The smallest absolute Gasteiger partial charge is 0.227 e. The van der Waals surface area contributed by atoms with Gasteiger partial charge in [-0.25, -0.2) is 4.98 Å². The molecule has 1 aliphatic carbocycles. The molecule has 0 spiro atoms. The predicted octanol–water partition coefficient (Wildman–Crippen LogP) is 11.9. The van der Waals surface area contributed by atoms with Gasteiger partial charge in [-0.15, -0.1) is 0 Å². The first-order chi connectivity index (χ1) is 23.6. The van der Waals surface area contributed by atoms with Crippen molar-refractivity contribution in [2.24, 2.45) is 0 Å². The van der Waals surface area contributed by atoms with Gasteiger partial charge in [-0.3, -0.25) is 0 Å². The first kappa shape index (κ1) is 29.5. The van der Waals surface area contributed by atoms with E-state index in [2.05, 4.69) is 119 Å². The zero-order valence-electron chi connectivity index (χ0n) is 28.5. The lowest BCUT2D eigenvalue weighted by atomic mass is 9.78. The van der Waals surface area contributed by atoms with Crippen molar-refractivity contribution >= 4 is 16.8 Å². The van der Waals surface area contributed by atoms with Crippen LogP contribution in [0.3, 0.4) is 0 Å². The highest BCUT2D eigenvalue weighted by atomic mass is 16.5. The van der Waals surface area contributed by atoms with Crippen molar-refractivity contribution in [3.63, 3.8) is 0 Å². The quantitative estimate of drug-likeness (QED) is 0.208. The Morgan fingerprint density at radius 3 is 2.10 bits per heavy atom. The summed E-state index contributed by atoms with van der Waals surface area (Å²) < 4.78 is 12.6. The van der Waals surface area contributed by atoms with Crippen LogP contribution in [0.4, 0.5) is 5.69 Å². The number of para-hydroxylation sites is 4. The van der Waals surface area contributed by atoms with E-state index in [1.54, 1.807) is 0 Å². The first-order valence-corrected chi connectivity index (χ1v) is 17.1. The van der Waals surface area contributed by atoms with Crippen molar-refractivity contribution in [2.45, 2.75) is 51.7 Å².